The lowest BCUT2D eigenvalue weighted by Crippen LogP contribution is -2.49. The van der Waals surface area contributed by atoms with Crippen LogP contribution in [0.1, 0.15) is 12.8 Å². The fraction of sp³-hybridized carbons (Fsp3) is 0.625. The topological polar surface area (TPSA) is 15.6 Å². The molecule has 1 aliphatic heterocycles. The first-order valence-electron chi connectivity index (χ1n) is 4.07. The van der Waals surface area contributed by atoms with Gasteiger partial charge in [0.25, 0.3) is 5.92 Å². The summed E-state index contributed by atoms with van der Waals surface area (Å²) in [7, 11) is 0. The molecule has 0 N–H and O–H groups in total. The van der Waals surface area contributed by atoms with E-state index in [2.05, 4.69) is 4.99 Å². The molecule has 0 amide bonds. The highest BCUT2D eigenvalue weighted by Crippen LogP contribution is 2.40. The molecule has 0 aromatic heterocycles. The van der Waals surface area contributed by atoms with Gasteiger partial charge < -0.3 is 4.90 Å². The van der Waals surface area contributed by atoms with Gasteiger partial charge >= 0.3 is 0 Å². The molecule has 5 heteroatoms. The lowest BCUT2D eigenvalue weighted by molar-refractivity contribution is -0.115. The molecule has 0 aromatic rings. The van der Waals surface area contributed by atoms with Crippen molar-refractivity contribution < 1.29 is 8.78 Å². The lowest BCUT2D eigenvalue weighted by Gasteiger charge is -2.42. The third-order valence-corrected chi connectivity index (χ3v) is 2.48. The molecule has 0 atom stereocenters. The Morgan fingerprint density at radius 1 is 1.54 bits per heavy atom. The van der Waals surface area contributed by atoms with E-state index in [4.69, 9.17) is 11.6 Å². The van der Waals surface area contributed by atoms with Crippen molar-refractivity contribution in [3.05, 3.63) is 11.2 Å². The van der Waals surface area contributed by atoms with Gasteiger partial charge in [0.1, 0.15) is 6.67 Å². The number of hydrogen-bond donors (Lipinski definition) is 0. The van der Waals surface area contributed by atoms with Gasteiger partial charge in [-0.3, -0.25) is 4.99 Å². The minimum absolute atomic E-state index is 0.0802. The van der Waals surface area contributed by atoms with Crippen LogP contribution in [0.4, 0.5) is 8.78 Å². The van der Waals surface area contributed by atoms with Crippen molar-refractivity contribution in [3.63, 3.8) is 0 Å². The summed E-state index contributed by atoms with van der Waals surface area (Å²) in [6.45, 7) is 0.441. The van der Waals surface area contributed by atoms with Crippen molar-refractivity contribution in [1.82, 2.24) is 4.90 Å². The van der Waals surface area contributed by atoms with Crippen molar-refractivity contribution in [2.45, 2.75) is 24.8 Å². The molecule has 1 heterocycles. The van der Waals surface area contributed by atoms with Crippen LogP contribution < -0.4 is 0 Å². The molecule has 0 saturated heterocycles. The minimum atomic E-state index is -2.48. The average molecular weight is 207 g/mol. The first kappa shape index (κ1) is 8.94. The van der Waals surface area contributed by atoms with Crippen molar-refractivity contribution in [2.75, 3.05) is 6.67 Å². The SMILES string of the molecule is FC1(F)CC(N2C=C(Cl)C=NC2)C1. The zero-order valence-electron chi connectivity index (χ0n) is 6.88. The first-order chi connectivity index (χ1) is 6.07. The summed E-state index contributed by atoms with van der Waals surface area (Å²) >= 11 is 5.69. The maximum atomic E-state index is 12.5. The Balaban J connectivity index is 1.94. The van der Waals surface area contributed by atoms with Gasteiger partial charge in [0, 0.05) is 31.3 Å². The fourth-order valence-corrected chi connectivity index (χ4v) is 1.73. The third-order valence-electron chi connectivity index (χ3n) is 2.29. The normalized spacial score (nSPS) is 27.0. The number of alkyl halides is 2. The zero-order chi connectivity index (χ0) is 9.47. The van der Waals surface area contributed by atoms with Gasteiger partial charge in [-0.2, -0.15) is 0 Å². The van der Waals surface area contributed by atoms with E-state index < -0.39 is 5.92 Å². The van der Waals surface area contributed by atoms with E-state index in [9.17, 15) is 8.78 Å². The highest BCUT2D eigenvalue weighted by Gasteiger charge is 2.47. The predicted octanol–water partition coefficient (Wildman–Crippen LogP) is 2.21. The Kier molecular flexibility index (Phi) is 2.02. The molecule has 0 spiro atoms. The average Bonchev–Trinajstić information content (AvgIpc) is 2.00. The van der Waals surface area contributed by atoms with Gasteiger partial charge in [-0.05, 0) is 0 Å². The molecule has 0 unspecified atom stereocenters. The van der Waals surface area contributed by atoms with E-state index >= 15 is 0 Å². The number of nitrogens with zero attached hydrogens (tertiary/aromatic N) is 2. The molecule has 0 radical (unpaired) electrons. The summed E-state index contributed by atoms with van der Waals surface area (Å²) in [6.07, 6.45) is 3.05. The quantitative estimate of drug-likeness (QED) is 0.642. The molecule has 1 saturated carbocycles. The molecule has 72 valence electrons. The zero-order valence-corrected chi connectivity index (χ0v) is 7.64. The van der Waals surface area contributed by atoms with Crippen LogP contribution in [0.15, 0.2) is 16.2 Å². The van der Waals surface area contributed by atoms with Crippen LogP contribution in [0.5, 0.6) is 0 Å². The Morgan fingerprint density at radius 2 is 2.23 bits per heavy atom. The van der Waals surface area contributed by atoms with Crippen molar-refractivity contribution in [2.24, 2.45) is 4.99 Å². The number of aliphatic imine (C=N–C) groups is 1. The van der Waals surface area contributed by atoms with Crippen LogP contribution >= 0.6 is 11.6 Å². The number of halogens is 3. The summed E-state index contributed by atoms with van der Waals surface area (Å²) in [5, 5.41) is 0.501. The van der Waals surface area contributed by atoms with Gasteiger partial charge in [-0.25, -0.2) is 8.78 Å². The third kappa shape index (κ3) is 1.82. The predicted molar refractivity (Wildman–Crippen MR) is 47.1 cm³/mol. The second-order valence-corrected chi connectivity index (χ2v) is 3.84. The molecule has 2 aliphatic rings. The molecular formula is C8H9ClF2N2. The van der Waals surface area contributed by atoms with E-state index in [-0.39, 0.29) is 18.9 Å². The molecule has 2 nitrogen and oxygen atoms in total. The highest BCUT2D eigenvalue weighted by atomic mass is 35.5. The lowest BCUT2D eigenvalue weighted by atomic mass is 9.87. The van der Waals surface area contributed by atoms with Crippen molar-refractivity contribution >= 4 is 17.8 Å². The van der Waals surface area contributed by atoms with Crippen molar-refractivity contribution in [3.8, 4) is 0 Å². The van der Waals surface area contributed by atoms with Gasteiger partial charge in [-0.15, -0.1) is 0 Å². The molecule has 13 heavy (non-hydrogen) atoms. The van der Waals surface area contributed by atoms with Crippen LogP contribution in [0.25, 0.3) is 0 Å². The molecule has 1 aliphatic carbocycles. The van der Waals surface area contributed by atoms with E-state index in [1.54, 1.807) is 11.1 Å². The van der Waals surface area contributed by atoms with Crippen molar-refractivity contribution in [1.29, 1.82) is 0 Å². The van der Waals surface area contributed by atoms with Crippen LogP contribution in [-0.4, -0.2) is 29.7 Å². The summed E-state index contributed by atoms with van der Waals surface area (Å²) in [6, 6.07) is -0.0961. The fourth-order valence-electron chi connectivity index (χ4n) is 1.54. The van der Waals surface area contributed by atoms with E-state index in [1.165, 1.54) is 6.21 Å². The Bertz CT molecular complexity index is 267. The van der Waals surface area contributed by atoms with Crippen LogP contribution in [0, 0.1) is 0 Å². The Hall–Kier alpha value is -0.640. The van der Waals surface area contributed by atoms with Crippen LogP contribution in [0.3, 0.4) is 0 Å². The molecule has 0 bridgehead atoms. The number of rotatable bonds is 1. The maximum Gasteiger partial charge on any atom is 0.252 e. The Labute approximate surface area is 79.9 Å². The molecule has 0 aromatic carbocycles. The van der Waals surface area contributed by atoms with Crippen LogP contribution in [0.2, 0.25) is 0 Å². The smallest absolute Gasteiger partial charge is 0.252 e. The molecule has 1 fully saturated rings. The molecular weight excluding hydrogens is 198 g/mol. The Morgan fingerprint density at radius 3 is 2.77 bits per heavy atom. The summed E-state index contributed by atoms with van der Waals surface area (Å²) in [4.78, 5) is 5.71. The summed E-state index contributed by atoms with van der Waals surface area (Å²) in [5.41, 5.74) is 0. The van der Waals surface area contributed by atoms with Gasteiger partial charge in [-0.1, -0.05) is 11.6 Å². The number of hydrogen-bond acceptors (Lipinski definition) is 2. The summed E-state index contributed by atoms with van der Waals surface area (Å²) in [5.74, 6) is -2.48. The largest absolute Gasteiger partial charge is 0.353 e. The van der Waals surface area contributed by atoms with Gasteiger partial charge in [0.2, 0.25) is 0 Å². The summed E-state index contributed by atoms with van der Waals surface area (Å²) < 4.78 is 25.0. The van der Waals surface area contributed by atoms with E-state index in [0.29, 0.717) is 11.7 Å². The standard InChI is InChI=1S/C8H9ClF2N2/c9-6-3-12-5-13(4-6)7-1-8(10,11)2-7/h3-4,7H,1-2,5H2. The minimum Gasteiger partial charge on any atom is -0.353 e. The second kappa shape index (κ2) is 2.94. The van der Waals surface area contributed by atoms with E-state index in [0.717, 1.165) is 0 Å². The monoisotopic (exact) mass is 206 g/mol. The highest BCUT2D eigenvalue weighted by molar-refractivity contribution is 6.39. The maximum absolute atomic E-state index is 12.5. The second-order valence-electron chi connectivity index (χ2n) is 3.40. The van der Waals surface area contributed by atoms with E-state index in [1.807, 2.05) is 0 Å². The van der Waals surface area contributed by atoms with Gasteiger partial charge in [0.05, 0.1) is 5.03 Å². The molecule has 2 rings (SSSR count). The van der Waals surface area contributed by atoms with Gasteiger partial charge in [0.15, 0.2) is 0 Å². The van der Waals surface area contributed by atoms with Crippen LogP contribution in [-0.2, 0) is 0 Å². The number of allylic oxidation sites excluding steroid dienone is 1. The first-order valence-corrected chi connectivity index (χ1v) is 4.45.